The van der Waals surface area contributed by atoms with E-state index in [-0.39, 0.29) is 0 Å². The summed E-state index contributed by atoms with van der Waals surface area (Å²) >= 11 is 6.08. The Morgan fingerprint density at radius 2 is 2.10 bits per heavy atom. The maximum absolute atomic E-state index is 11.2. The van der Waals surface area contributed by atoms with Crippen molar-refractivity contribution in [2.75, 3.05) is 0 Å². The smallest absolute Gasteiger partial charge is 0.320 e. The molecular formula is C15H18ClNO3. The molecule has 1 aromatic carbocycles. The molecule has 0 aliphatic heterocycles. The molecule has 4 nitrogen and oxygen atoms in total. The highest BCUT2D eigenvalue weighted by Crippen LogP contribution is 2.29. The molecule has 1 aromatic heterocycles. The first kappa shape index (κ1) is 14.9. The summed E-state index contributed by atoms with van der Waals surface area (Å²) in [4.78, 5) is 11.2. The lowest BCUT2D eigenvalue weighted by molar-refractivity contribution is -0.140. The Bertz CT molecular complexity index is 606. The Balaban J connectivity index is 2.15. The third-order valence-electron chi connectivity index (χ3n) is 3.18. The van der Waals surface area contributed by atoms with E-state index in [0.29, 0.717) is 29.7 Å². The summed E-state index contributed by atoms with van der Waals surface area (Å²) in [5, 5.41) is 13.5. The minimum Gasteiger partial charge on any atom is -0.480 e. The van der Waals surface area contributed by atoms with Crippen molar-refractivity contribution >= 4 is 28.5 Å². The van der Waals surface area contributed by atoms with Gasteiger partial charge in [-0.3, -0.25) is 4.79 Å². The van der Waals surface area contributed by atoms with Crippen LogP contribution in [0.4, 0.5) is 0 Å². The molecule has 5 heteroatoms. The number of furan rings is 1. The summed E-state index contributed by atoms with van der Waals surface area (Å²) in [5.41, 5.74) is 1.52. The zero-order valence-corrected chi connectivity index (χ0v) is 12.3. The van der Waals surface area contributed by atoms with Gasteiger partial charge in [-0.05, 0) is 30.0 Å². The molecule has 0 saturated carbocycles. The second-order valence-corrected chi connectivity index (χ2v) is 5.60. The summed E-state index contributed by atoms with van der Waals surface area (Å²) in [7, 11) is 0. The zero-order valence-electron chi connectivity index (χ0n) is 11.5. The predicted molar refractivity (Wildman–Crippen MR) is 78.9 cm³/mol. The van der Waals surface area contributed by atoms with Crippen LogP contribution in [0.15, 0.2) is 28.7 Å². The first-order valence-electron chi connectivity index (χ1n) is 6.61. The molecule has 0 radical (unpaired) electrons. The third kappa shape index (κ3) is 3.32. The topological polar surface area (TPSA) is 62.5 Å². The van der Waals surface area contributed by atoms with Crippen LogP contribution in [0.3, 0.4) is 0 Å². The summed E-state index contributed by atoms with van der Waals surface area (Å²) in [6.45, 7) is 4.37. The number of carboxylic acid groups (broad SMARTS) is 1. The van der Waals surface area contributed by atoms with Crippen molar-refractivity contribution in [3.05, 3.63) is 35.0 Å². The van der Waals surface area contributed by atoms with E-state index in [9.17, 15) is 9.90 Å². The molecule has 1 atom stereocenters. The molecule has 0 aliphatic rings. The average molecular weight is 296 g/mol. The number of hydrogen-bond donors (Lipinski definition) is 2. The maximum Gasteiger partial charge on any atom is 0.320 e. The van der Waals surface area contributed by atoms with Gasteiger partial charge in [0.25, 0.3) is 0 Å². The summed E-state index contributed by atoms with van der Waals surface area (Å²) in [6.07, 6.45) is 0.572. The molecule has 0 bridgehead atoms. The number of halogens is 1. The van der Waals surface area contributed by atoms with E-state index in [4.69, 9.17) is 16.0 Å². The van der Waals surface area contributed by atoms with Gasteiger partial charge in [-0.1, -0.05) is 32.0 Å². The highest BCUT2D eigenvalue weighted by atomic mass is 35.5. The van der Waals surface area contributed by atoms with E-state index >= 15 is 0 Å². The number of nitrogens with one attached hydrogen (secondary N) is 1. The number of fused-ring (bicyclic) bond motifs is 1. The van der Waals surface area contributed by atoms with Crippen LogP contribution >= 0.6 is 11.6 Å². The molecule has 0 unspecified atom stereocenters. The van der Waals surface area contributed by atoms with Gasteiger partial charge in [0.05, 0.1) is 0 Å². The zero-order chi connectivity index (χ0) is 14.7. The van der Waals surface area contributed by atoms with Gasteiger partial charge < -0.3 is 14.8 Å². The van der Waals surface area contributed by atoms with E-state index < -0.39 is 12.0 Å². The molecule has 0 fully saturated rings. The normalized spacial score (nSPS) is 13.0. The fourth-order valence-electron chi connectivity index (χ4n) is 2.20. The molecule has 2 N–H and O–H groups in total. The van der Waals surface area contributed by atoms with Crippen LogP contribution in [0.5, 0.6) is 0 Å². The van der Waals surface area contributed by atoms with E-state index in [1.165, 1.54) is 0 Å². The molecule has 1 heterocycles. The first-order valence-corrected chi connectivity index (χ1v) is 6.99. The van der Waals surface area contributed by atoms with E-state index in [1.807, 2.05) is 38.1 Å². The lowest BCUT2D eigenvalue weighted by atomic mass is 10.0. The SMILES string of the molecule is CC(C)C[C@H](NCc1c(Cl)oc2ccccc12)C(=O)O. The number of carbonyl (C=O) groups is 1. The van der Waals surface area contributed by atoms with Gasteiger partial charge in [-0.15, -0.1) is 0 Å². The Hall–Kier alpha value is -1.52. The first-order chi connectivity index (χ1) is 9.49. The summed E-state index contributed by atoms with van der Waals surface area (Å²) < 4.78 is 5.45. The van der Waals surface area contributed by atoms with Crippen molar-refractivity contribution in [1.82, 2.24) is 5.32 Å². The van der Waals surface area contributed by atoms with Crippen LogP contribution in [-0.4, -0.2) is 17.1 Å². The molecular weight excluding hydrogens is 278 g/mol. The Morgan fingerprint density at radius 3 is 2.75 bits per heavy atom. The standard InChI is InChI=1S/C15H18ClNO3/c1-9(2)7-12(15(18)19)17-8-11-10-5-3-4-6-13(10)20-14(11)16/h3-6,9,12,17H,7-8H2,1-2H3,(H,18,19)/t12-/m0/s1. The van der Waals surface area contributed by atoms with Crippen molar-refractivity contribution in [3.8, 4) is 0 Å². The monoisotopic (exact) mass is 295 g/mol. The van der Waals surface area contributed by atoms with Crippen molar-refractivity contribution in [3.63, 3.8) is 0 Å². The van der Waals surface area contributed by atoms with Crippen molar-refractivity contribution in [1.29, 1.82) is 0 Å². The van der Waals surface area contributed by atoms with Crippen molar-refractivity contribution in [2.45, 2.75) is 32.9 Å². The molecule has 108 valence electrons. The van der Waals surface area contributed by atoms with Gasteiger partial charge in [0.15, 0.2) is 5.22 Å². The largest absolute Gasteiger partial charge is 0.480 e. The number of hydrogen-bond acceptors (Lipinski definition) is 3. The van der Waals surface area contributed by atoms with E-state index in [0.717, 1.165) is 10.9 Å². The van der Waals surface area contributed by atoms with Gasteiger partial charge >= 0.3 is 5.97 Å². The summed E-state index contributed by atoms with van der Waals surface area (Å²) in [5.74, 6) is -0.539. The van der Waals surface area contributed by atoms with Gasteiger partial charge in [0, 0.05) is 17.5 Å². The maximum atomic E-state index is 11.2. The molecule has 2 rings (SSSR count). The summed E-state index contributed by atoms with van der Waals surface area (Å²) in [6, 6.07) is 6.95. The lowest BCUT2D eigenvalue weighted by Gasteiger charge is -2.16. The van der Waals surface area contributed by atoms with E-state index in [2.05, 4.69) is 5.32 Å². The molecule has 0 saturated heterocycles. The molecule has 0 spiro atoms. The van der Waals surface area contributed by atoms with Crippen molar-refractivity contribution in [2.24, 2.45) is 5.92 Å². The molecule has 0 aliphatic carbocycles. The van der Waals surface area contributed by atoms with Crippen LogP contribution in [0.1, 0.15) is 25.8 Å². The van der Waals surface area contributed by atoms with Crippen LogP contribution in [0.25, 0.3) is 11.0 Å². The van der Waals surface area contributed by atoms with E-state index in [1.54, 1.807) is 0 Å². The van der Waals surface area contributed by atoms with Gasteiger partial charge in [0.1, 0.15) is 11.6 Å². The molecule has 2 aromatic rings. The van der Waals surface area contributed by atoms with Gasteiger partial charge in [-0.25, -0.2) is 0 Å². The fraction of sp³-hybridized carbons (Fsp3) is 0.400. The quantitative estimate of drug-likeness (QED) is 0.853. The van der Waals surface area contributed by atoms with Crippen molar-refractivity contribution < 1.29 is 14.3 Å². The third-order valence-corrected chi connectivity index (χ3v) is 3.48. The van der Waals surface area contributed by atoms with Crippen LogP contribution in [0.2, 0.25) is 5.22 Å². The number of benzene rings is 1. The fourth-order valence-corrected chi connectivity index (χ4v) is 2.45. The highest BCUT2D eigenvalue weighted by Gasteiger charge is 2.20. The molecule has 20 heavy (non-hydrogen) atoms. The average Bonchev–Trinajstić information content (AvgIpc) is 2.69. The molecule has 0 amide bonds. The Morgan fingerprint density at radius 1 is 1.40 bits per heavy atom. The number of rotatable bonds is 6. The van der Waals surface area contributed by atoms with Crippen LogP contribution in [-0.2, 0) is 11.3 Å². The predicted octanol–water partition coefficient (Wildman–Crippen LogP) is 3.68. The highest BCUT2D eigenvalue weighted by molar-refractivity contribution is 6.30. The second-order valence-electron chi connectivity index (χ2n) is 5.25. The Labute approximate surface area is 122 Å². The number of carboxylic acids is 1. The number of aliphatic carboxylic acids is 1. The van der Waals surface area contributed by atoms with Gasteiger partial charge in [0.2, 0.25) is 0 Å². The second kappa shape index (κ2) is 6.29. The minimum absolute atomic E-state index is 0.306. The minimum atomic E-state index is -0.845. The van der Waals surface area contributed by atoms with Crippen LogP contribution < -0.4 is 5.32 Å². The van der Waals surface area contributed by atoms with Crippen LogP contribution in [0, 0.1) is 5.92 Å². The Kier molecular flexibility index (Phi) is 4.68. The number of para-hydroxylation sites is 1. The van der Waals surface area contributed by atoms with Gasteiger partial charge in [-0.2, -0.15) is 0 Å². The lowest BCUT2D eigenvalue weighted by Crippen LogP contribution is -2.37.